The van der Waals surface area contributed by atoms with Gasteiger partial charge < -0.3 is 0 Å². The lowest BCUT2D eigenvalue weighted by atomic mass is 10.1. The Balaban J connectivity index is 2.87. The first kappa shape index (κ1) is 10.2. The van der Waals surface area contributed by atoms with Crippen molar-refractivity contribution in [3.05, 3.63) is 17.0 Å². The first-order chi connectivity index (χ1) is 6.06. The number of aryl methyl sites for hydroxylation is 2. The van der Waals surface area contributed by atoms with Crippen molar-refractivity contribution in [1.82, 2.24) is 15.2 Å². The smallest absolute Gasteiger partial charge is 0.0628 e. The van der Waals surface area contributed by atoms with E-state index in [1.807, 2.05) is 18.7 Å². The topological polar surface area (TPSA) is 55.9 Å². The van der Waals surface area contributed by atoms with Gasteiger partial charge in [-0.3, -0.25) is 16.0 Å². The molecule has 1 atom stereocenters. The molecule has 13 heavy (non-hydrogen) atoms. The molecule has 1 rings (SSSR count). The van der Waals surface area contributed by atoms with E-state index >= 15 is 0 Å². The minimum absolute atomic E-state index is 0.293. The molecule has 0 radical (unpaired) electrons. The monoisotopic (exact) mass is 182 g/mol. The van der Waals surface area contributed by atoms with Gasteiger partial charge in [0.15, 0.2) is 0 Å². The number of hydrazine groups is 1. The summed E-state index contributed by atoms with van der Waals surface area (Å²) in [5.41, 5.74) is 6.36. The third kappa shape index (κ3) is 2.08. The fraction of sp³-hybridized carbons (Fsp3) is 0.667. The highest BCUT2D eigenvalue weighted by Gasteiger charge is 2.11. The van der Waals surface area contributed by atoms with Gasteiger partial charge in [-0.05, 0) is 32.8 Å². The zero-order chi connectivity index (χ0) is 10.0. The molecule has 0 aliphatic rings. The van der Waals surface area contributed by atoms with Gasteiger partial charge >= 0.3 is 0 Å². The molecule has 1 heterocycles. The molecule has 0 amide bonds. The van der Waals surface area contributed by atoms with Gasteiger partial charge in [0.25, 0.3) is 0 Å². The summed E-state index contributed by atoms with van der Waals surface area (Å²) in [6, 6.07) is 0.293. The van der Waals surface area contributed by atoms with Crippen LogP contribution >= 0.6 is 0 Å². The molecule has 0 aliphatic heterocycles. The van der Waals surface area contributed by atoms with Crippen molar-refractivity contribution in [2.75, 3.05) is 0 Å². The third-order valence-corrected chi connectivity index (χ3v) is 2.45. The summed E-state index contributed by atoms with van der Waals surface area (Å²) in [4.78, 5) is 0. The van der Waals surface area contributed by atoms with E-state index in [9.17, 15) is 0 Å². The van der Waals surface area contributed by atoms with E-state index < -0.39 is 0 Å². The number of hydrogen-bond donors (Lipinski definition) is 2. The minimum Gasteiger partial charge on any atom is -0.272 e. The summed E-state index contributed by atoms with van der Waals surface area (Å²) >= 11 is 0. The molecule has 74 valence electrons. The molecule has 0 fully saturated rings. The van der Waals surface area contributed by atoms with E-state index in [-0.39, 0.29) is 0 Å². The van der Waals surface area contributed by atoms with Crippen LogP contribution in [-0.2, 0) is 13.5 Å². The van der Waals surface area contributed by atoms with Crippen LogP contribution in [-0.4, -0.2) is 15.8 Å². The van der Waals surface area contributed by atoms with E-state index in [1.54, 1.807) is 0 Å². The van der Waals surface area contributed by atoms with Crippen molar-refractivity contribution in [1.29, 1.82) is 0 Å². The maximum absolute atomic E-state index is 5.35. The average molecular weight is 182 g/mol. The van der Waals surface area contributed by atoms with E-state index in [1.165, 1.54) is 11.3 Å². The Kier molecular flexibility index (Phi) is 3.06. The summed E-state index contributed by atoms with van der Waals surface area (Å²) in [7, 11) is 1.96. The van der Waals surface area contributed by atoms with Crippen LogP contribution in [0.15, 0.2) is 0 Å². The molecule has 4 heteroatoms. The Labute approximate surface area is 79.1 Å². The van der Waals surface area contributed by atoms with Crippen LogP contribution in [0.4, 0.5) is 0 Å². The highest BCUT2D eigenvalue weighted by atomic mass is 15.3. The van der Waals surface area contributed by atoms with Crippen molar-refractivity contribution >= 4 is 0 Å². The highest BCUT2D eigenvalue weighted by Crippen LogP contribution is 2.13. The van der Waals surface area contributed by atoms with Crippen molar-refractivity contribution < 1.29 is 0 Å². The van der Waals surface area contributed by atoms with Gasteiger partial charge in [-0.2, -0.15) is 5.10 Å². The number of nitrogens with zero attached hydrogens (tertiary/aromatic N) is 2. The SMILES string of the molecule is Cc1nn(C)c(C)c1CC(C)NN. The summed E-state index contributed by atoms with van der Waals surface area (Å²) in [5.74, 6) is 5.35. The van der Waals surface area contributed by atoms with Gasteiger partial charge in [0.2, 0.25) is 0 Å². The van der Waals surface area contributed by atoms with Gasteiger partial charge in [0, 0.05) is 18.8 Å². The largest absolute Gasteiger partial charge is 0.272 e. The minimum atomic E-state index is 0.293. The Morgan fingerprint density at radius 1 is 1.54 bits per heavy atom. The quantitative estimate of drug-likeness (QED) is 0.526. The third-order valence-electron chi connectivity index (χ3n) is 2.45. The molecule has 0 saturated heterocycles. The molecular formula is C9H18N4. The molecule has 0 saturated carbocycles. The van der Waals surface area contributed by atoms with Crippen molar-refractivity contribution in [2.45, 2.75) is 33.2 Å². The second kappa shape index (κ2) is 3.89. The van der Waals surface area contributed by atoms with Crippen molar-refractivity contribution in [3.63, 3.8) is 0 Å². The number of hydrogen-bond acceptors (Lipinski definition) is 3. The Hall–Kier alpha value is -0.870. The lowest BCUT2D eigenvalue weighted by Gasteiger charge is -2.09. The number of rotatable bonds is 3. The van der Waals surface area contributed by atoms with Crippen LogP contribution in [0, 0.1) is 13.8 Å². The fourth-order valence-corrected chi connectivity index (χ4v) is 1.48. The predicted octanol–water partition coefficient (Wildman–Crippen LogP) is 0.431. The summed E-state index contributed by atoms with van der Waals surface area (Å²) in [5, 5.41) is 4.35. The predicted molar refractivity (Wildman–Crippen MR) is 53.2 cm³/mol. The molecule has 4 nitrogen and oxygen atoms in total. The van der Waals surface area contributed by atoms with Crippen LogP contribution in [0.1, 0.15) is 23.9 Å². The van der Waals surface area contributed by atoms with Crippen LogP contribution in [0.25, 0.3) is 0 Å². The normalized spacial score (nSPS) is 13.3. The zero-order valence-electron chi connectivity index (χ0n) is 8.76. The van der Waals surface area contributed by atoms with Gasteiger partial charge in [0.1, 0.15) is 0 Å². The van der Waals surface area contributed by atoms with Crippen LogP contribution in [0.2, 0.25) is 0 Å². The van der Waals surface area contributed by atoms with E-state index in [0.717, 1.165) is 12.1 Å². The fourth-order valence-electron chi connectivity index (χ4n) is 1.48. The molecule has 0 bridgehead atoms. The molecule has 1 aromatic heterocycles. The van der Waals surface area contributed by atoms with Gasteiger partial charge in [-0.25, -0.2) is 0 Å². The van der Waals surface area contributed by atoms with E-state index in [4.69, 9.17) is 5.84 Å². The second-order valence-electron chi connectivity index (χ2n) is 3.54. The molecule has 0 aliphatic carbocycles. The van der Waals surface area contributed by atoms with Crippen molar-refractivity contribution in [3.8, 4) is 0 Å². The molecule has 0 aromatic carbocycles. The Morgan fingerprint density at radius 2 is 2.15 bits per heavy atom. The Bertz CT molecular complexity index is 290. The summed E-state index contributed by atoms with van der Waals surface area (Å²) < 4.78 is 1.91. The maximum atomic E-state index is 5.35. The average Bonchev–Trinajstić information content (AvgIpc) is 2.32. The molecule has 0 spiro atoms. The molecular weight excluding hydrogens is 164 g/mol. The van der Waals surface area contributed by atoms with E-state index in [2.05, 4.69) is 24.4 Å². The lowest BCUT2D eigenvalue weighted by molar-refractivity contribution is 0.565. The highest BCUT2D eigenvalue weighted by molar-refractivity contribution is 5.25. The van der Waals surface area contributed by atoms with Gasteiger partial charge in [0.05, 0.1) is 5.69 Å². The van der Waals surface area contributed by atoms with Crippen LogP contribution < -0.4 is 11.3 Å². The van der Waals surface area contributed by atoms with E-state index in [0.29, 0.717) is 6.04 Å². The van der Waals surface area contributed by atoms with Crippen LogP contribution in [0.5, 0.6) is 0 Å². The van der Waals surface area contributed by atoms with Crippen LogP contribution in [0.3, 0.4) is 0 Å². The molecule has 1 aromatic rings. The Morgan fingerprint density at radius 3 is 2.54 bits per heavy atom. The van der Waals surface area contributed by atoms with Gasteiger partial charge in [-0.15, -0.1) is 0 Å². The summed E-state index contributed by atoms with van der Waals surface area (Å²) in [6.07, 6.45) is 0.933. The number of nitrogens with one attached hydrogen (secondary N) is 1. The summed E-state index contributed by atoms with van der Waals surface area (Å²) in [6.45, 7) is 6.18. The second-order valence-corrected chi connectivity index (χ2v) is 3.54. The zero-order valence-corrected chi connectivity index (χ0v) is 8.76. The number of nitrogens with two attached hydrogens (primary N) is 1. The molecule has 1 unspecified atom stereocenters. The van der Waals surface area contributed by atoms with Gasteiger partial charge in [-0.1, -0.05) is 0 Å². The lowest BCUT2D eigenvalue weighted by Crippen LogP contribution is -2.34. The molecule has 3 N–H and O–H groups in total. The number of aromatic nitrogens is 2. The first-order valence-electron chi connectivity index (χ1n) is 4.51. The van der Waals surface area contributed by atoms with Crippen molar-refractivity contribution in [2.24, 2.45) is 12.9 Å². The first-order valence-corrected chi connectivity index (χ1v) is 4.51. The maximum Gasteiger partial charge on any atom is 0.0628 e. The standard InChI is InChI=1S/C9H18N4/c1-6(11-10)5-9-7(2)12-13(4)8(9)3/h6,11H,5,10H2,1-4H3.